The van der Waals surface area contributed by atoms with Crippen LogP contribution < -0.4 is 0 Å². The summed E-state index contributed by atoms with van der Waals surface area (Å²) >= 11 is 2.94. The molecular formula is C18H15FN6OS2. The van der Waals surface area contributed by atoms with Gasteiger partial charge in [0.05, 0.1) is 18.0 Å². The maximum Gasteiger partial charge on any atom is 0.215 e. The van der Waals surface area contributed by atoms with Crippen LogP contribution in [0, 0.1) is 5.82 Å². The van der Waals surface area contributed by atoms with Gasteiger partial charge in [-0.1, -0.05) is 12.1 Å². The number of thiophene rings is 1. The van der Waals surface area contributed by atoms with E-state index in [1.807, 2.05) is 5.38 Å². The number of halogens is 1. The molecule has 142 valence electrons. The summed E-state index contributed by atoms with van der Waals surface area (Å²) in [7, 11) is 0. The Hall–Kier alpha value is -2.43. The number of hydrogen-bond acceptors (Lipinski definition) is 8. The van der Waals surface area contributed by atoms with E-state index in [9.17, 15) is 4.39 Å². The second-order valence-corrected chi connectivity index (χ2v) is 8.21. The van der Waals surface area contributed by atoms with Crippen LogP contribution in [0.25, 0.3) is 21.3 Å². The lowest BCUT2D eigenvalue weighted by Gasteiger charge is -2.10. The fraction of sp³-hybridized carbons (Fsp3) is 0.278. The predicted molar refractivity (Wildman–Crippen MR) is 104 cm³/mol. The first kappa shape index (κ1) is 17.7. The molecule has 0 saturated carbocycles. The van der Waals surface area contributed by atoms with Gasteiger partial charge in [-0.15, -0.1) is 16.4 Å². The highest BCUT2D eigenvalue weighted by molar-refractivity contribution is 7.99. The van der Waals surface area contributed by atoms with E-state index in [0.717, 1.165) is 45.8 Å². The van der Waals surface area contributed by atoms with E-state index < -0.39 is 0 Å². The average molecular weight is 414 g/mol. The van der Waals surface area contributed by atoms with Gasteiger partial charge in [0, 0.05) is 17.6 Å². The van der Waals surface area contributed by atoms with Crippen molar-refractivity contribution in [1.29, 1.82) is 0 Å². The lowest BCUT2D eigenvalue weighted by Crippen LogP contribution is -2.16. The molecule has 0 bridgehead atoms. The van der Waals surface area contributed by atoms with E-state index in [4.69, 9.17) is 4.74 Å². The van der Waals surface area contributed by atoms with Gasteiger partial charge in [-0.05, 0) is 52.7 Å². The summed E-state index contributed by atoms with van der Waals surface area (Å²) in [5.74, 6) is -0.262. The van der Waals surface area contributed by atoms with Crippen LogP contribution in [0.5, 0.6) is 0 Å². The van der Waals surface area contributed by atoms with Gasteiger partial charge >= 0.3 is 0 Å². The number of hydrogen-bond donors (Lipinski definition) is 0. The fourth-order valence-corrected chi connectivity index (χ4v) is 5.07. The molecular weight excluding hydrogens is 399 g/mol. The van der Waals surface area contributed by atoms with Gasteiger partial charge in [-0.25, -0.2) is 19.0 Å². The summed E-state index contributed by atoms with van der Waals surface area (Å²) in [6.07, 6.45) is 3.77. The minimum absolute atomic E-state index is 0.143. The Balaban J connectivity index is 1.51. The lowest BCUT2D eigenvalue weighted by molar-refractivity contribution is 0.0912. The number of nitrogens with zero attached hydrogens (tertiary/aromatic N) is 6. The van der Waals surface area contributed by atoms with Crippen molar-refractivity contribution >= 4 is 33.3 Å². The molecule has 0 amide bonds. The number of aromatic nitrogens is 6. The van der Waals surface area contributed by atoms with Gasteiger partial charge in [0.1, 0.15) is 22.0 Å². The van der Waals surface area contributed by atoms with Gasteiger partial charge in [-0.3, -0.25) is 0 Å². The van der Waals surface area contributed by atoms with Crippen molar-refractivity contribution in [3.8, 4) is 11.1 Å². The van der Waals surface area contributed by atoms with Crippen molar-refractivity contribution in [3.05, 3.63) is 41.8 Å². The van der Waals surface area contributed by atoms with Crippen molar-refractivity contribution < 1.29 is 9.13 Å². The molecule has 28 heavy (non-hydrogen) atoms. The van der Waals surface area contributed by atoms with Crippen molar-refractivity contribution in [1.82, 2.24) is 30.2 Å². The van der Waals surface area contributed by atoms with Gasteiger partial charge in [0.2, 0.25) is 5.16 Å². The standard InChI is InChI=1S/C18H15FN6OS2/c19-12-5-3-11(4-6-12)14-9-27-16-15(14)17(21-10-20-16)28-18-22-23-24-25(18)8-13-2-1-7-26-13/h3-6,9-10,13H,1-2,7-8H2. The van der Waals surface area contributed by atoms with Crippen molar-refractivity contribution in [2.24, 2.45) is 0 Å². The van der Waals surface area contributed by atoms with E-state index in [1.54, 1.807) is 23.1 Å². The van der Waals surface area contributed by atoms with Crippen molar-refractivity contribution in [3.63, 3.8) is 0 Å². The maximum absolute atomic E-state index is 13.3. The topological polar surface area (TPSA) is 78.6 Å². The Kier molecular flexibility index (Phi) is 4.75. The number of benzene rings is 1. The van der Waals surface area contributed by atoms with E-state index in [0.29, 0.717) is 11.7 Å². The molecule has 0 N–H and O–H groups in total. The van der Waals surface area contributed by atoms with Crippen LogP contribution in [0.2, 0.25) is 0 Å². The summed E-state index contributed by atoms with van der Waals surface area (Å²) in [4.78, 5) is 9.73. The van der Waals surface area contributed by atoms with Crippen LogP contribution in [0.1, 0.15) is 12.8 Å². The molecule has 7 nitrogen and oxygen atoms in total. The van der Waals surface area contributed by atoms with E-state index in [1.165, 1.54) is 35.2 Å². The summed E-state index contributed by atoms with van der Waals surface area (Å²) in [6.45, 7) is 1.41. The minimum atomic E-state index is -0.262. The first-order valence-electron chi connectivity index (χ1n) is 8.82. The minimum Gasteiger partial charge on any atom is -0.376 e. The van der Waals surface area contributed by atoms with Gasteiger partial charge in [0.15, 0.2) is 0 Å². The monoisotopic (exact) mass is 414 g/mol. The van der Waals surface area contributed by atoms with Crippen LogP contribution in [0.3, 0.4) is 0 Å². The van der Waals surface area contributed by atoms with Crippen LogP contribution in [-0.2, 0) is 11.3 Å². The molecule has 1 unspecified atom stereocenters. The van der Waals surface area contributed by atoms with E-state index in [2.05, 4.69) is 25.5 Å². The van der Waals surface area contributed by atoms with Crippen molar-refractivity contribution in [2.45, 2.75) is 35.7 Å². The second kappa shape index (κ2) is 7.53. The highest BCUT2D eigenvalue weighted by atomic mass is 32.2. The highest BCUT2D eigenvalue weighted by Crippen LogP contribution is 2.39. The molecule has 4 heterocycles. The molecule has 0 radical (unpaired) electrons. The predicted octanol–water partition coefficient (Wildman–Crippen LogP) is 3.81. The number of tetrazole rings is 1. The summed E-state index contributed by atoms with van der Waals surface area (Å²) in [6, 6.07) is 6.44. The zero-order valence-electron chi connectivity index (χ0n) is 14.7. The SMILES string of the molecule is Fc1ccc(-c2csc3ncnc(Sc4nnnn4CC4CCCO4)c23)cc1. The quantitative estimate of drug-likeness (QED) is 0.460. The first-order valence-corrected chi connectivity index (χ1v) is 10.5. The molecule has 4 aromatic rings. The van der Waals surface area contributed by atoms with E-state index in [-0.39, 0.29) is 11.9 Å². The lowest BCUT2D eigenvalue weighted by atomic mass is 10.1. The largest absolute Gasteiger partial charge is 0.376 e. The van der Waals surface area contributed by atoms with E-state index >= 15 is 0 Å². The molecule has 1 aromatic carbocycles. The Labute approximate surface area is 168 Å². The zero-order valence-corrected chi connectivity index (χ0v) is 16.3. The molecule has 1 atom stereocenters. The third kappa shape index (κ3) is 3.38. The summed E-state index contributed by atoms with van der Waals surface area (Å²) in [5.41, 5.74) is 1.89. The number of rotatable bonds is 5. The van der Waals surface area contributed by atoms with Gasteiger partial charge in [-0.2, -0.15) is 0 Å². The fourth-order valence-electron chi connectivity index (χ4n) is 3.22. The van der Waals surface area contributed by atoms with Crippen LogP contribution in [0.4, 0.5) is 4.39 Å². The Morgan fingerprint density at radius 3 is 2.96 bits per heavy atom. The smallest absolute Gasteiger partial charge is 0.215 e. The Morgan fingerprint density at radius 2 is 2.14 bits per heavy atom. The first-order chi connectivity index (χ1) is 13.8. The Morgan fingerprint density at radius 1 is 1.25 bits per heavy atom. The Bertz CT molecular complexity index is 1110. The summed E-state index contributed by atoms with van der Waals surface area (Å²) in [5, 5.41) is 16.5. The molecule has 10 heteroatoms. The van der Waals surface area contributed by atoms with Gasteiger partial charge in [0.25, 0.3) is 0 Å². The normalized spacial score (nSPS) is 16.8. The molecule has 5 rings (SSSR count). The van der Waals surface area contributed by atoms with Gasteiger partial charge < -0.3 is 4.74 Å². The molecule has 1 fully saturated rings. The molecule has 1 aliphatic heterocycles. The highest BCUT2D eigenvalue weighted by Gasteiger charge is 2.21. The van der Waals surface area contributed by atoms with Crippen LogP contribution >= 0.6 is 23.1 Å². The molecule has 1 saturated heterocycles. The third-order valence-corrected chi connectivity index (χ3v) is 6.44. The molecule has 0 aliphatic carbocycles. The molecule has 3 aromatic heterocycles. The van der Waals surface area contributed by atoms with Crippen LogP contribution in [-0.4, -0.2) is 42.9 Å². The van der Waals surface area contributed by atoms with Crippen molar-refractivity contribution in [2.75, 3.05) is 6.61 Å². The van der Waals surface area contributed by atoms with Crippen LogP contribution in [0.15, 0.2) is 46.2 Å². The molecule has 1 aliphatic rings. The maximum atomic E-state index is 13.3. The number of ether oxygens (including phenoxy) is 1. The zero-order chi connectivity index (χ0) is 18.9. The average Bonchev–Trinajstić information content (AvgIpc) is 3.45. The molecule has 0 spiro atoms. The third-order valence-electron chi connectivity index (χ3n) is 4.58. The second-order valence-electron chi connectivity index (χ2n) is 6.40. The number of fused-ring (bicyclic) bond motifs is 1. The summed E-state index contributed by atoms with van der Waals surface area (Å²) < 4.78 is 20.8.